The quantitative estimate of drug-likeness (QED) is 0.569. The summed E-state index contributed by atoms with van der Waals surface area (Å²) in [4.78, 5) is 0. The molecule has 0 aliphatic rings. The first-order valence-electron chi connectivity index (χ1n) is 4.14. The Morgan fingerprint density at radius 1 is 1.31 bits per heavy atom. The first kappa shape index (κ1) is 10.1. The van der Waals surface area contributed by atoms with Crippen LogP contribution in [0.1, 0.15) is 12.5 Å². The highest BCUT2D eigenvalue weighted by atomic mass is 79.9. The SMILES string of the molecule is CCOc1ccc(C#CCBr)cc1. The molecule has 13 heavy (non-hydrogen) atoms. The standard InChI is InChI=1S/C11H11BrO/c1-2-13-11-7-5-10(6-8-11)4-3-9-12/h5-8H,2,9H2,1H3. The summed E-state index contributed by atoms with van der Waals surface area (Å²) in [6.07, 6.45) is 0. The Kier molecular flexibility index (Phi) is 4.42. The fourth-order valence-corrected chi connectivity index (χ4v) is 1.08. The molecule has 0 radical (unpaired) electrons. The van der Waals surface area contributed by atoms with Crippen LogP contribution in [-0.4, -0.2) is 11.9 Å². The molecule has 0 heterocycles. The van der Waals surface area contributed by atoms with Crippen molar-refractivity contribution in [1.82, 2.24) is 0 Å². The highest BCUT2D eigenvalue weighted by Gasteiger charge is 1.90. The van der Waals surface area contributed by atoms with Crippen LogP contribution in [-0.2, 0) is 0 Å². The van der Waals surface area contributed by atoms with E-state index in [9.17, 15) is 0 Å². The van der Waals surface area contributed by atoms with Gasteiger partial charge < -0.3 is 4.74 Å². The second-order valence-corrected chi connectivity index (χ2v) is 2.95. The molecule has 1 nitrogen and oxygen atoms in total. The van der Waals surface area contributed by atoms with E-state index >= 15 is 0 Å². The zero-order valence-electron chi connectivity index (χ0n) is 7.51. The topological polar surface area (TPSA) is 9.23 Å². The number of rotatable bonds is 2. The zero-order chi connectivity index (χ0) is 9.52. The van der Waals surface area contributed by atoms with Gasteiger partial charge in [-0.1, -0.05) is 27.8 Å². The number of benzene rings is 1. The van der Waals surface area contributed by atoms with Gasteiger partial charge in [-0.05, 0) is 31.2 Å². The monoisotopic (exact) mass is 238 g/mol. The summed E-state index contributed by atoms with van der Waals surface area (Å²) in [6, 6.07) is 7.78. The molecule has 0 N–H and O–H groups in total. The summed E-state index contributed by atoms with van der Waals surface area (Å²) in [5, 5.41) is 0.709. The minimum absolute atomic E-state index is 0.701. The molecule has 0 saturated carbocycles. The second-order valence-electron chi connectivity index (χ2n) is 2.39. The van der Waals surface area contributed by atoms with E-state index in [1.807, 2.05) is 31.2 Å². The Morgan fingerprint density at radius 2 is 2.00 bits per heavy atom. The molecule has 1 aromatic rings. The first-order chi connectivity index (χ1) is 6.36. The van der Waals surface area contributed by atoms with Gasteiger partial charge in [-0.3, -0.25) is 0 Å². The van der Waals surface area contributed by atoms with Crippen molar-refractivity contribution in [3.8, 4) is 17.6 Å². The van der Waals surface area contributed by atoms with Crippen LogP contribution < -0.4 is 4.74 Å². The number of alkyl halides is 1. The highest BCUT2D eigenvalue weighted by molar-refractivity contribution is 9.09. The lowest BCUT2D eigenvalue weighted by Gasteiger charge is -2.01. The van der Waals surface area contributed by atoms with Crippen LogP contribution in [0.25, 0.3) is 0 Å². The van der Waals surface area contributed by atoms with Gasteiger partial charge in [0.05, 0.1) is 11.9 Å². The smallest absolute Gasteiger partial charge is 0.119 e. The Hall–Kier alpha value is -0.940. The van der Waals surface area contributed by atoms with Crippen molar-refractivity contribution in [2.45, 2.75) is 6.92 Å². The van der Waals surface area contributed by atoms with Crippen LogP contribution in [0.5, 0.6) is 5.75 Å². The maximum Gasteiger partial charge on any atom is 0.119 e. The van der Waals surface area contributed by atoms with Gasteiger partial charge in [0.2, 0.25) is 0 Å². The molecule has 0 spiro atoms. The van der Waals surface area contributed by atoms with Gasteiger partial charge in [-0.25, -0.2) is 0 Å². The molecule has 1 aromatic carbocycles. The zero-order valence-corrected chi connectivity index (χ0v) is 9.10. The molecule has 0 unspecified atom stereocenters. The molecule has 1 rings (SSSR count). The van der Waals surface area contributed by atoms with Crippen LogP contribution in [0.2, 0.25) is 0 Å². The predicted molar refractivity (Wildman–Crippen MR) is 58.3 cm³/mol. The van der Waals surface area contributed by atoms with Crippen molar-refractivity contribution in [1.29, 1.82) is 0 Å². The summed E-state index contributed by atoms with van der Waals surface area (Å²) in [5.74, 6) is 6.85. The fourth-order valence-electron chi connectivity index (χ4n) is 0.937. The van der Waals surface area contributed by atoms with Crippen LogP contribution in [0.4, 0.5) is 0 Å². The molecule has 0 aliphatic carbocycles. The molecule has 0 saturated heterocycles. The van der Waals surface area contributed by atoms with Crippen LogP contribution in [0.3, 0.4) is 0 Å². The van der Waals surface area contributed by atoms with Crippen LogP contribution >= 0.6 is 15.9 Å². The van der Waals surface area contributed by atoms with E-state index < -0.39 is 0 Å². The maximum atomic E-state index is 5.31. The third-order valence-electron chi connectivity index (χ3n) is 1.46. The Labute approximate surface area is 87.2 Å². The molecular weight excluding hydrogens is 228 g/mol. The van der Waals surface area contributed by atoms with Crippen molar-refractivity contribution in [3.63, 3.8) is 0 Å². The summed E-state index contributed by atoms with van der Waals surface area (Å²) in [6.45, 7) is 2.67. The summed E-state index contributed by atoms with van der Waals surface area (Å²) >= 11 is 3.25. The molecule has 0 amide bonds. The summed E-state index contributed by atoms with van der Waals surface area (Å²) < 4.78 is 5.31. The maximum absolute atomic E-state index is 5.31. The van der Waals surface area contributed by atoms with E-state index in [2.05, 4.69) is 27.8 Å². The van der Waals surface area contributed by atoms with Crippen molar-refractivity contribution in [2.75, 3.05) is 11.9 Å². The molecule has 0 fully saturated rings. The molecular formula is C11H11BrO. The van der Waals surface area contributed by atoms with Crippen LogP contribution in [0, 0.1) is 11.8 Å². The fraction of sp³-hybridized carbons (Fsp3) is 0.273. The lowest BCUT2D eigenvalue weighted by molar-refractivity contribution is 0.340. The average Bonchev–Trinajstić information content (AvgIpc) is 2.17. The molecule has 0 aliphatic heterocycles. The molecule has 0 aromatic heterocycles. The van der Waals surface area contributed by atoms with Gasteiger partial charge in [-0.15, -0.1) is 0 Å². The molecule has 0 bridgehead atoms. The van der Waals surface area contributed by atoms with Gasteiger partial charge in [0, 0.05) is 5.56 Å². The van der Waals surface area contributed by atoms with Crippen molar-refractivity contribution in [2.24, 2.45) is 0 Å². The average molecular weight is 239 g/mol. The van der Waals surface area contributed by atoms with Crippen LogP contribution in [0.15, 0.2) is 24.3 Å². The minimum atomic E-state index is 0.701. The van der Waals surface area contributed by atoms with Gasteiger partial charge in [0.15, 0.2) is 0 Å². The molecule has 2 heteroatoms. The minimum Gasteiger partial charge on any atom is -0.494 e. The third kappa shape index (κ3) is 3.52. The van der Waals surface area contributed by atoms with Gasteiger partial charge >= 0.3 is 0 Å². The predicted octanol–water partition coefficient (Wildman–Crippen LogP) is 2.83. The molecule has 0 atom stereocenters. The number of hydrogen-bond acceptors (Lipinski definition) is 1. The van der Waals surface area contributed by atoms with Crippen molar-refractivity contribution >= 4 is 15.9 Å². The lowest BCUT2D eigenvalue weighted by Crippen LogP contribution is -1.90. The normalized spacial score (nSPS) is 8.77. The van der Waals surface area contributed by atoms with Gasteiger partial charge in [0.25, 0.3) is 0 Å². The van der Waals surface area contributed by atoms with Gasteiger partial charge in [-0.2, -0.15) is 0 Å². The molecule has 68 valence electrons. The van der Waals surface area contributed by atoms with E-state index in [1.165, 1.54) is 0 Å². The number of ether oxygens (including phenoxy) is 1. The number of halogens is 1. The van der Waals surface area contributed by atoms with Crippen molar-refractivity contribution < 1.29 is 4.74 Å². The van der Waals surface area contributed by atoms with Gasteiger partial charge in [0.1, 0.15) is 5.75 Å². The van der Waals surface area contributed by atoms with E-state index in [0.29, 0.717) is 11.9 Å². The lowest BCUT2D eigenvalue weighted by atomic mass is 10.2. The highest BCUT2D eigenvalue weighted by Crippen LogP contribution is 2.10. The summed E-state index contributed by atoms with van der Waals surface area (Å²) in [5.41, 5.74) is 1.02. The second kappa shape index (κ2) is 5.66. The summed E-state index contributed by atoms with van der Waals surface area (Å²) in [7, 11) is 0. The van der Waals surface area contributed by atoms with E-state index in [1.54, 1.807) is 0 Å². The third-order valence-corrected chi connectivity index (χ3v) is 1.75. The number of hydrogen-bond donors (Lipinski definition) is 0. The van der Waals surface area contributed by atoms with Crippen molar-refractivity contribution in [3.05, 3.63) is 29.8 Å². The largest absolute Gasteiger partial charge is 0.494 e. The van der Waals surface area contributed by atoms with E-state index in [4.69, 9.17) is 4.74 Å². The Balaban J connectivity index is 2.69. The van der Waals surface area contributed by atoms with E-state index in [0.717, 1.165) is 11.3 Å². The first-order valence-corrected chi connectivity index (χ1v) is 5.26. The van der Waals surface area contributed by atoms with E-state index in [-0.39, 0.29) is 0 Å². The Morgan fingerprint density at radius 3 is 2.54 bits per heavy atom. The Bertz CT molecular complexity index is 305.